The lowest BCUT2D eigenvalue weighted by atomic mass is 10.2. The summed E-state index contributed by atoms with van der Waals surface area (Å²) in [5, 5.41) is 1.68. The maximum Gasteiger partial charge on any atom is 0.289 e. The lowest BCUT2D eigenvalue weighted by Gasteiger charge is -2.11. The van der Waals surface area contributed by atoms with E-state index >= 15 is 0 Å². The number of anilines is 1. The highest BCUT2D eigenvalue weighted by Gasteiger charge is 2.39. The molecule has 2 rings (SSSR count). The van der Waals surface area contributed by atoms with Crippen molar-refractivity contribution in [1.82, 2.24) is 4.90 Å². The zero-order valence-corrected chi connectivity index (χ0v) is 12.9. The van der Waals surface area contributed by atoms with Gasteiger partial charge in [0, 0.05) is 18.7 Å². The number of rotatable bonds is 6. The van der Waals surface area contributed by atoms with Gasteiger partial charge in [-0.2, -0.15) is 0 Å². The van der Waals surface area contributed by atoms with Crippen LogP contribution in [0.4, 0.5) is 10.5 Å². The Labute approximate surface area is 132 Å². The first kappa shape index (κ1) is 16.1. The van der Waals surface area contributed by atoms with Crippen molar-refractivity contribution in [2.24, 2.45) is 0 Å². The molecular weight excluding hydrogens is 304 g/mol. The average Bonchev–Trinajstić information content (AvgIpc) is 2.76. The molecule has 1 fully saturated rings. The van der Waals surface area contributed by atoms with Crippen LogP contribution in [0.5, 0.6) is 5.75 Å². The second kappa shape index (κ2) is 7.13. The molecule has 0 aromatic heterocycles. The normalized spacial score (nSPS) is 17.5. The Balaban J connectivity index is 1.93. The molecule has 0 aliphatic carbocycles. The zero-order chi connectivity index (χ0) is 16.1. The van der Waals surface area contributed by atoms with Crippen molar-refractivity contribution in [1.29, 1.82) is 0 Å². The number of benzene rings is 1. The van der Waals surface area contributed by atoms with E-state index in [1.807, 2.05) is 0 Å². The summed E-state index contributed by atoms with van der Waals surface area (Å²) in [6, 6.07) is 6.85. The third-order valence-corrected chi connectivity index (χ3v) is 4.14. The Hall–Kier alpha value is -2.28. The van der Waals surface area contributed by atoms with Gasteiger partial charge in [0.05, 0.1) is 7.11 Å². The van der Waals surface area contributed by atoms with Crippen LogP contribution in [0.3, 0.4) is 0 Å². The van der Waals surface area contributed by atoms with E-state index < -0.39 is 5.25 Å². The van der Waals surface area contributed by atoms with Gasteiger partial charge in [-0.3, -0.25) is 19.3 Å². The topological polar surface area (TPSA) is 75.7 Å². The van der Waals surface area contributed by atoms with Gasteiger partial charge in [0.1, 0.15) is 11.0 Å². The number of nitrogens with zero attached hydrogens (tertiary/aromatic N) is 1. The van der Waals surface area contributed by atoms with E-state index in [1.54, 1.807) is 31.4 Å². The molecule has 1 N–H and O–H groups in total. The van der Waals surface area contributed by atoms with E-state index in [1.165, 1.54) is 6.08 Å². The van der Waals surface area contributed by atoms with Crippen LogP contribution in [-0.4, -0.2) is 40.9 Å². The van der Waals surface area contributed by atoms with E-state index in [4.69, 9.17) is 4.74 Å². The highest BCUT2D eigenvalue weighted by Crippen LogP contribution is 2.29. The molecule has 1 aliphatic rings. The number of ether oxygens (including phenoxy) is 1. The molecule has 0 bridgehead atoms. The Morgan fingerprint density at radius 1 is 1.41 bits per heavy atom. The fourth-order valence-electron chi connectivity index (χ4n) is 1.98. The van der Waals surface area contributed by atoms with Crippen molar-refractivity contribution in [3.63, 3.8) is 0 Å². The monoisotopic (exact) mass is 320 g/mol. The smallest absolute Gasteiger partial charge is 0.289 e. The summed E-state index contributed by atoms with van der Waals surface area (Å²) in [5.74, 6) is 0.0224. The van der Waals surface area contributed by atoms with E-state index in [2.05, 4.69) is 11.9 Å². The highest BCUT2D eigenvalue weighted by molar-refractivity contribution is 8.15. The molecule has 1 aromatic carbocycles. The van der Waals surface area contributed by atoms with Crippen LogP contribution in [0.15, 0.2) is 36.9 Å². The minimum Gasteiger partial charge on any atom is -0.497 e. The van der Waals surface area contributed by atoms with Crippen LogP contribution >= 0.6 is 11.8 Å². The number of methoxy groups -OCH3 is 1. The number of carbonyl (C=O) groups excluding carboxylic acids is 3. The minimum absolute atomic E-state index is 0.0467. The van der Waals surface area contributed by atoms with Crippen LogP contribution in [0.25, 0.3) is 0 Å². The fourth-order valence-corrected chi connectivity index (χ4v) is 2.97. The lowest BCUT2D eigenvalue weighted by molar-refractivity contribution is -0.128. The third-order valence-electron chi connectivity index (χ3n) is 3.06. The fraction of sp³-hybridized carbons (Fsp3) is 0.267. The SMILES string of the molecule is C=CCN1C(=O)S[C@@H](CC(=O)Nc2ccc(OC)cc2)C1=O. The first-order valence-electron chi connectivity index (χ1n) is 6.62. The molecule has 0 radical (unpaired) electrons. The van der Waals surface area contributed by atoms with E-state index in [0.29, 0.717) is 11.4 Å². The van der Waals surface area contributed by atoms with Crippen molar-refractivity contribution in [3.05, 3.63) is 36.9 Å². The van der Waals surface area contributed by atoms with Gasteiger partial charge in [-0.15, -0.1) is 6.58 Å². The van der Waals surface area contributed by atoms with E-state index in [-0.39, 0.29) is 30.0 Å². The summed E-state index contributed by atoms with van der Waals surface area (Å²) in [6.45, 7) is 3.67. The van der Waals surface area contributed by atoms with Crippen molar-refractivity contribution in [2.45, 2.75) is 11.7 Å². The second-order valence-corrected chi connectivity index (χ2v) is 5.74. The standard InChI is InChI=1S/C15H16N2O4S/c1-3-8-17-14(19)12(22-15(17)20)9-13(18)16-10-4-6-11(21-2)7-5-10/h3-7,12H,1,8-9H2,2H3,(H,16,18)/t12-/m0/s1. The van der Waals surface area contributed by atoms with E-state index in [0.717, 1.165) is 16.7 Å². The molecule has 1 aliphatic heterocycles. The minimum atomic E-state index is -0.675. The molecule has 22 heavy (non-hydrogen) atoms. The molecule has 6 nitrogen and oxygen atoms in total. The first-order chi connectivity index (χ1) is 10.5. The van der Waals surface area contributed by atoms with Gasteiger partial charge < -0.3 is 10.1 Å². The Kier molecular flexibility index (Phi) is 5.21. The van der Waals surface area contributed by atoms with Gasteiger partial charge in [-0.1, -0.05) is 17.8 Å². The number of nitrogens with one attached hydrogen (secondary N) is 1. The third kappa shape index (κ3) is 3.67. The van der Waals surface area contributed by atoms with E-state index in [9.17, 15) is 14.4 Å². The maximum absolute atomic E-state index is 12.0. The van der Waals surface area contributed by atoms with Crippen LogP contribution in [-0.2, 0) is 9.59 Å². The summed E-state index contributed by atoms with van der Waals surface area (Å²) in [4.78, 5) is 36.8. The van der Waals surface area contributed by atoms with Gasteiger partial charge >= 0.3 is 0 Å². The first-order valence-corrected chi connectivity index (χ1v) is 7.50. The number of amides is 3. The quantitative estimate of drug-likeness (QED) is 0.814. The molecule has 1 heterocycles. The summed E-state index contributed by atoms with van der Waals surface area (Å²) in [7, 11) is 1.56. The number of carbonyl (C=O) groups is 3. The number of thioether (sulfide) groups is 1. The molecule has 0 spiro atoms. The molecule has 1 aromatic rings. The number of imide groups is 1. The van der Waals surface area contributed by atoms with Crippen LogP contribution in [0.2, 0.25) is 0 Å². The van der Waals surface area contributed by atoms with Gasteiger partial charge in [-0.25, -0.2) is 0 Å². The summed E-state index contributed by atoms with van der Waals surface area (Å²) in [5.41, 5.74) is 0.607. The molecule has 1 atom stereocenters. The second-order valence-electron chi connectivity index (χ2n) is 4.59. The average molecular weight is 320 g/mol. The molecule has 7 heteroatoms. The predicted molar refractivity (Wildman–Crippen MR) is 84.9 cm³/mol. The van der Waals surface area contributed by atoms with Gasteiger partial charge in [0.15, 0.2) is 0 Å². The van der Waals surface area contributed by atoms with Crippen LogP contribution in [0, 0.1) is 0 Å². The molecule has 3 amide bonds. The zero-order valence-electron chi connectivity index (χ0n) is 12.1. The summed E-state index contributed by atoms with van der Waals surface area (Å²) in [6.07, 6.45) is 1.44. The van der Waals surface area contributed by atoms with Crippen LogP contribution < -0.4 is 10.1 Å². The molecule has 1 saturated heterocycles. The summed E-state index contributed by atoms with van der Waals surface area (Å²) < 4.78 is 5.03. The van der Waals surface area contributed by atoms with Crippen molar-refractivity contribution in [3.8, 4) is 5.75 Å². The largest absolute Gasteiger partial charge is 0.497 e. The molecule has 0 unspecified atom stereocenters. The molecular formula is C15H16N2O4S. The molecule has 0 saturated carbocycles. The highest BCUT2D eigenvalue weighted by atomic mass is 32.2. The molecule has 116 valence electrons. The van der Waals surface area contributed by atoms with Crippen LogP contribution in [0.1, 0.15) is 6.42 Å². The number of hydrogen-bond acceptors (Lipinski definition) is 5. The predicted octanol–water partition coefficient (Wildman–Crippen LogP) is 2.27. The van der Waals surface area contributed by atoms with Crippen molar-refractivity contribution in [2.75, 3.05) is 19.0 Å². The number of hydrogen-bond donors (Lipinski definition) is 1. The Bertz CT molecular complexity index is 600. The van der Waals surface area contributed by atoms with Gasteiger partial charge in [-0.05, 0) is 24.3 Å². The van der Waals surface area contributed by atoms with Gasteiger partial charge in [0.2, 0.25) is 11.8 Å². The van der Waals surface area contributed by atoms with Crippen molar-refractivity contribution < 1.29 is 19.1 Å². The maximum atomic E-state index is 12.0. The van der Waals surface area contributed by atoms with Gasteiger partial charge in [0.25, 0.3) is 5.24 Å². The lowest BCUT2D eigenvalue weighted by Crippen LogP contribution is -2.33. The van der Waals surface area contributed by atoms with Crippen molar-refractivity contribution >= 4 is 34.5 Å². The Morgan fingerprint density at radius 3 is 2.68 bits per heavy atom. The Morgan fingerprint density at radius 2 is 2.09 bits per heavy atom. The summed E-state index contributed by atoms with van der Waals surface area (Å²) >= 11 is 0.876.